The van der Waals surface area contributed by atoms with Gasteiger partial charge in [-0.15, -0.1) is 0 Å². The van der Waals surface area contributed by atoms with Gasteiger partial charge in [-0.25, -0.2) is 9.97 Å². The van der Waals surface area contributed by atoms with Gasteiger partial charge >= 0.3 is 0 Å². The van der Waals surface area contributed by atoms with Crippen molar-refractivity contribution in [2.24, 2.45) is 0 Å². The lowest BCUT2D eigenvalue weighted by Crippen LogP contribution is -2.14. The largest absolute Gasteiger partial charge is 0.256 e. The maximum absolute atomic E-state index is 5.18. The van der Waals surface area contributed by atoms with Crippen LogP contribution >= 0.6 is 0 Å². The molecule has 6 aromatic carbocycles. The van der Waals surface area contributed by atoms with Crippen LogP contribution in [0.3, 0.4) is 0 Å². The topological polar surface area (TPSA) is 38.7 Å². The van der Waals surface area contributed by atoms with Gasteiger partial charge in [-0.05, 0) is 74.1 Å². The zero-order chi connectivity index (χ0) is 31.5. The summed E-state index contributed by atoms with van der Waals surface area (Å²) in [4.78, 5) is 14.8. The fraction of sp³-hybridized carbons (Fsp3) is 0.0682. The molecular formula is C44H31N3. The number of aromatic nitrogens is 3. The zero-order valence-corrected chi connectivity index (χ0v) is 26.3. The van der Waals surface area contributed by atoms with E-state index in [1.165, 1.54) is 43.8 Å². The fourth-order valence-corrected chi connectivity index (χ4v) is 7.31. The zero-order valence-electron chi connectivity index (χ0n) is 26.3. The Morgan fingerprint density at radius 3 is 1.96 bits per heavy atom. The van der Waals surface area contributed by atoms with E-state index in [-0.39, 0.29) is 5.41 Å². The fourth-order valence-electron chi connectivity index (χ4n) is 7.31. The van der Waals surface area contributed by atoms with Crippen LogP contribution in [0.15, 0.2) is 152 Å². The van der Waals surface area contributed by atoms with Gasteiger partial charge in [-0.3, -0.25) is 4.98 Å². The van der Waals surface area contributed by atoms with Crippen LogP contribution in [0.4, 0.5) is 0 Å². The van der Waals surface area contributed by atoms with Gasteiger partial charge in [0.05, 0.1) is 17.1 Å². The summed E-state index contributed by atoms with van der Waals surface area (Å²) >= 11 is 0. The summed E-state index contributed by atoms with van der Waals surface area (Å²) in [6.07, 6.45) is 1.83. The van der Waals surface area contributed by atoms with Gasteiger partial charge in [0.15, 0.2) is 5.82 Å². The Morgan fingerprint density at radius 2 is 1.15 bits per heavy atom. The lowest BCUT2D eigenvalue weighted by atomic mass is 9.81. The highest BCUT2D eigenvalue weighted by Gasteiger charge is 2.35. The Balaban J connectivity index is 1.22. The van der Waals surface area contributed by atoms with Crippen LogP contribution in [0.25, 0.3) is 77.8 Å². The molecule has 0 fully saturated rings. The normalized spacial score (nSPS) is 13.1. The van der Waals surface area contributed by atoms with E-state index in [0.717, 1.165) is 39.3 Å². The van der Waals surface area contributed by atoms with Gasteiger partial charge in [0, 0.05) is 33.9 Å². The smallest absolute Gasteiger partial charge is 0.160 e. The highest BCUT2D eigenvalue weighted by molar-refractivity contribution is 6.13. The molecule has 3 heteroatoms. The predicted molar refractivity (Wildman–Crippen MR) is 194 cm³/mol. The summed E-state index contributed by atoms with van der Waals surface area (Å²) in [6, 6.07) is 51.6. The Bertz CT molecular complexity index is 2460. The van der Waals surface area contributed by atoms with Crippen LogP contribution in [0.5, 0.6) is 0 Å². The van der Waals surface area contributed by atoms with E-state index in [0.29, 0.717) is 5.82 Å². The molecule has 0 amide bonds. The molecule has 2 heterocycles. The Kier molecular flexibility index (Phi) is 6.16. The molecule has 1 aliphatic rings. The Hall–Kier alpha value is -5.93. The number of benzene rings is 6. The minimum absolute atomic E-state index is 0.0574. The third-order valence-electron chi connectivity index (χ3n) is 9.75. The number of hydrogen-bond acceptors (Lipinski definition) is 3. The van der Waals surface area contributed by atoms with Crippen molar-refractivity contribution in [1.29, 1.82) is 0 Å². The highest BCUT2D eigenvalue weighted by atomic mass is 14.9. The molecule has 2 aromatic heterocycles. The first kappa shape index (κ1) is 27.4. The van der Waals surface area contributed by atoms with Crippen LogP contribution in [0, 0.1) is 0 Å². The average molecular weight is 602 g/mol. The summed E-state index contributed by atoms with van der Waals surface area (Å²) in [5.74, 6) is 0.710. The van der Waals surface area contributed by atoms with Gasteiger partial charge in [0.25, 0.3) is 0 Å². The van der Waals surface area contributed by atoms with E-state index >= 15 is 0 Å². The molecule has 9 rings (SSSR count). The van der Waals surface area contributed by atoms with E-state index in [1.807, 2.05) is 42.6 Å². The molecule has 1 aliphatic carbocycles. The quantitative estimate of drug-likeness (QED) is 0.188. The monoisotopic (exact) mass is 601 g/mol. The van der Waals surface area contributed by atoms with Crippen molar-refractivity contribution in [1.82, 2.24) is 15.0 Å². The van der Waals surface area contributed by atoms with Crippen LogP contribution in [-0.2, 0) is 5.41 Å². The average Bonchev–Trinajstić information content (AvgIpc) is 3.36. The van der Waals surface area contributed by atoms with E-state index in [2.05, 4.69) is 128 Å². The summed E-state index contributed by atoms with van der Waals surface area (Å²) in [5.41, 5.74) is 12.3. The van der Waals surface area contributed by atoms with E-state index in [4.69, 9.17) is 9.97 Å². The first-order valence-electron chi connectivity index (χ1n) is 16.1. The standard InChI is InChI=1S/C44H31N3/c1-44(2)38-16-7-6-13-34(38)37-25-31-22-23-33-32(36(31)26-39(37)44)14-10-15-35(33)42-27-41(46-43(47-42)30-11-4-3-5-12-30)29-20-18-28(19-21-29)40-17-8-9-24-45-40/h3-27H,1-2H3. The molecule has 0 bridgehead atoms. The Labute approximate surface area is 274 Å². The Morgan fingerprint density at radius 1 is 0.426 bits per heavy atom. The van der Waals surface area contributed by atoms with Crippen molar-refractivity contribution in [2.45, 2.75) is 19.3 Å². The summed E-state index contributed by atoms with van der Waals surface area (Å²) in [7, 11) is 0. The molecule has 0 unspecified atom stereocenters. The number of hydrogen-bond donors (Lipinski definition) is 0. The van der Waals surface area contributed by atoms with Gasteiger partial charge in [0.1, 0.15) is 0 Å². The van der Waals surface area contributed by atoms with Gasteiger partial charge in [-0.1, -0.05) is 129 Å². The first-order valence-corrected chi connectivity index (χ1v) is 16.1. The SMILES string of the molecule is CC1(C)c2ccccc2-c2cc3ccc4c(-c5cc(-c6ccc(-c7ccccn7)cc6)nc(-c6ccccc6)n5)cccc4c3cc21. The molecule has 222 valence electrons. The molecule has 0 saturated carbocycles. The lowest BCUT2D eigenvalue weighted by Gasteiger charge is -2.22. The number of pyridine rings is 1. The van der Waals surface area contributed by atoms with Crippen LogP contribution in [0.2, 0.25) is 0 Å². The maximum atomic E-state index is 5.18. The van der Waals surface area contributed by atoms with Crippen molar-refractivity contribution in [3.63, 3.8) is 0 Å². The van der Waals surface area contributed by atoms with E-state index < -0.39 is 0 Å². The summed E-state index contributed by atoms with van der Waals surface area (Å²) in [5, 5.41) is 4.94. The molecule has 8 aromatic rings. The summed E-state index contributed by atoms with van der Waals surface area (Å²) in [6.45, 7) is 4.69. The molecule has 3 nitrogen and oxygen atoms in total. The molecule has 0 atom stereocenters. The van der Waals surface area contributed by atoms with E-state index in [9.17, 15) is 0 Å². The van der Waals surface area contributed by atoms with Gasteiger partial charge in [0.2, 0.25) is 0 Å². The van der Waals surface area contributed by atoms with Gasteiger partial charge in [-0.2, -0.15) is 0 Å². The van der Waals surface area contributed by atoms with Crippen molar-refractivity contribution in [3.8, 4) is 56.3 Å². The predicted octanol–water partition coefficient (Wildman–Crippen LogP) is 11.2. The molecule has 0 spiro atoms. The second kappa shape index (κ2) is 10.6. The van der Waals surface area contributed by atoms with Crippen LogP contribution < -0.4 is 0 Å². The number of fused-ring (bicyclic) bond motifs is 6. The molecule has 47 heavy (non-hydrogen) atoms. The van der Waals surface area contributed by atoms with Crippen LogP contribution in [-0.4, -0.2) is 15.0 Å². The third kappa shape index (κ3) is 4.46. The second-order valence-electron chi connectivity index (χ2n) is 12.9. The van der Waals surface area contributed by atoms with Crippen molar-refractivity contribution >= 4 is 21.5 Å². The molecule has 0 radical (unpaired) electrons. The van der Waals surface area contributed by atoms with Crippen molar-refractivity contribution < 1.29 is 0 Å². The van der Waals surface area contributed by atoms with Crippen molar-refractivity contribution in [2.75, 3.05) is 0 Å². The number of rotatable bonds is 4. The summed E-state index contributed by atoms with van der Waals surface area (Å²) < 4.78 is 0. The van der Waals surface area contributed by atoms with Crippen LogP contribution in [0.1, 0.15) is 25.0 Å². The molecule has 0 saturated heterocycles. The maximum Gasteiger partial charge on any atom is 0.160 e. The minimum atomic E-state index is -0.0574. The molecule has 0 aliphatic heterocycles. The lowest BCUT2D eigenvalue weighted by molar-refractivity contribution is 0.661. The number of nitrogens with zero attached hydrogens (tertiary/aromatic N) is 3. The van der Waals surface area contributed by atoms with E-state index in [1.54, 1.807) is 0 Å². The highest BCUT2D eigenvalue weighted by Crippen LogP contribution is 2.50. The molecule has 0 N–H and O–H groups in total. The van der Waals surface area contributed by atoms with Gasteiger partial charge < -0.3 is 0 Å². The minimum Gasteiger partial charge on any atom is -0.256 e. The third-order valence-corrected chi connectivity index (χ3v) is 9.75. The molecular weight excluding hydrogens is 571 g/mol. The second-order valence-corrected chi connectivity index (χ2v) is 12.9. The van der Waals surface area contributed by atoms with Crippen molar-refractivity contribution in [3.05, 3.63) is 163 Å². The first-order chi connectivity index (χ1) is 23.0.